The van der Waals surface area contributed by atoms with Crippen LogP contribution in [0.1, 0.15) is 42.7 Å². The SMILES string of the molecule is CC(C)Cc1cccc(C(O)C(O)c2ccccc2)c1. The van der Waals surface area contributed by atoms with Gasteiger partial charge in [-0.15, -0.1) is 0 Å². The Morgan fingerprint density at radius 3 is 2.05 bits per heavy atom. The average Bonchev–Trinajstić information content (AvgIpc) is 2.46. The smallest absolute Gasteiger partial charge is 0.109 e. The highest BCUT2D eigenvalue weighted by Gasteiger charge is 2.20. The van der Waals surface area contributed by atoms with Crippen LogP contribution in [0.4, 0.5) is 0 Å². The van der Waals surface area contributed by atoms with Gasteiger partial charge in [-0.05, 0) is 29.0 Å². The number of aliphatic hydroxyl groups excluding tert-OH is 2. The molecule has 2 aromatic rings. The highest BCUT2D eigenvalue weighted by molar-refractivity contribution is 5.28. The molecule has 2 atom stereocenters. The second kappa shape index (κ2) is 6.69. The summed E-state index contributed by atoms with van der Waals surface area (Å²) in [5.41, 5.74) is 2.69. The van der Waals surface area contributed by atoms with Crippen LogP contribution in [0.5, 0.6) is 0 Å². The molecule has 0 aromatic heterocycles. The van der Waals surface area contributed by atoms with Gasteiger partial charge in [-0.1, -0.05) is 68.4 Å². The van der Waals surface area contributed by atoms with Crippen LogP contribution >= 0.6 is 0 Å². The van der Waals surface area contributed by atoms with Gasteiger partial charge < -0.3 is 10.2 Å². The lowest BCUT2D eigenvalue weighted by Crippen LogP contribution is -2.10. The first-order chi connectivity index (χ1) is 9.58. The molecule has 0 heterocycles. The van der Waals surface area contributed by atoms with E-state index in [1.807, 2.05) is 48.5 Å². The summed E-state index contributed by atoms with van der Waals surface area (Å²) in [4.78, 5) is 0. The number of hydrogen-bond acceptors (Lipinski definition) is 2. The van der Waals surface area contributed by atoms with Crippen LogP contribution in [0.15, 0.2) is 54.6 Å². The Labute approximate surface area is 120 Å². The van der Waals surface area contributed by atoms with Crippen molar-refractivity contribution >= 4 is 0 Å². The van der Waals surface area contributed by atoms with Crippen LogP contribution in [-0.4, -0.2) is 10.2 Å². The molecule has 0 aliphatic carbocycles. The molecule has 0 radical (unpaired) electrons. The number of rotatable bonds is 5. The largest absolute Gasteiger partial charge is 0.385 e. The lowest BCUT2D eigenvalue weighted by atomic mass is 9.95. The van der Waals surface area contributed by atoms with Crippen molar-refractivity contribution in [3.63, 3.8) is 0 Å². The van der Waals surface area contributed by atoms with E-state index in [2.05, 4.69) is 19.9 Å². The summed E-state index contributed by atoms with van der Waals surface area (Å²) in [5, 5.41) is 20.6. The lowest BCUT2D eigenvalue weighted by molar-refractivity contribution is 0.0172. The summed E-state index contributed by atoms with van der Waals surface area (Å²) in [6.45, 7) is 4.34. The van der Waals surface area contributed by atoms with E-state index in [1.165, 1.54) is 5.56 Å². The maximum Gasteiger partial charge on any atom is 0.109 e. The van der Waals surface area contributed by atoms with E-state index < -0.39 is 12.2 Å². The van der Waals surface area contributed by atoms with Gasteiger partial charge in [0.2, 0.25) is 0 Å². The van der Waals surface area contributed by atoms with Crippen LogP contribution in [0.25, 0.3) is 0 Å². The molecule has 106 valence electrons. The van der Waals surface area contributed by atoms with Gasteiger partial charge in [-0.25, -0.2) is 0 Å². The third kappa shape index (κ3) is 3.69. The molecule has 20 heavy (non-hydrogen) atoms. The standard InChI is InChI=1S/C18H22O2/c1-13(2)11-14-7-6-10-16(12-14)18(20)17(19)15-8-4-3-5-9-15/h3-10,12-13,17-20H,11H2,1-2H3. The molecule has 2 nitrogen and oxygen atoms in total. The minimum atomic E-state index is -0.899. The fraction of sp³-hybridized carbons (Fsp3) is 0.333. The van der Waals surface area contributed by atoms with Gasteiger partial charge in [0, 0.05) is 0 Å². The van der Waals surface area contributed by atoms with E-state index >= 15 is 0 Å². The van der Waals surface area contributed by atoms with Crippen molar-refractivity contribution in [2.24, 2.45) is 5.92 Å². The highest BCUT2D eigenvalue weighted by Crippen LogP contribution is 2.29. The molecule has 2 rings (SSSR count). The topological polar surface area (TPSA) is 40.5 Å². The summed E-state index contributed by atoms with van der Waals surface area (Å²) in [7, 11) is 0. The molecule has 0 saturated heterocycles. The maximum atomic E-state index is 10.4. The van der Waals surface area contributed by atoms with Gasteiger partial charge in [0.05, 0.1) is 0 Å². The summed E-state index contributed by atoms with van der Waals surface area (Å²) in [6, 6.07) is 17.1. The van der Waals surface area contributed by atoms with E-state index in [0.717, 1.165) is 17.5 Å². The molecule has 2 unspecified atom stereocenters. The van der Waals surface area contributed by atoms with Gasteiger partial charge in [-0.3, -0.25) is 0 Å². The van der Waals surface area contributed by atoms with Gasteiger partial charge in [-0.2, -0.15) is 0 Å². The normalized spacial score (nSPS) is 14.2. The summed E-state index contributed by atoms with van der Waals surface area (Å²) >= 11 is 0. The van der Waals surface area contributed by atoms with Crippen LogP contribution in [-0.2, 0) is 6.42 Å². The van der Waals surface area contributed by atoms with Gasteiger partial charge in [0.15, 0.2) is 0 Å². The zero-order valence-corrected chi connectivity index (χ0v) is 12.0. The van der Waals surface area contributed by atoms with E-state index in [1.54, 1.807) is 0 Å². The minimum Gasteiger partial charge on any atom is -0.385 e. The molecular formula is C18H22O2. The molecule has 2 heteroatoms. The minimum absolute atomic E-state index is 0.571. The van der Waals surface area contributed by atoms with Crippen molar-refractivity contribution in [2.45, 2.75) is 32.5 Å². The second-order valence-electron chi connectivity index (χ2n) is 5.64. The monoisotopic (exact) mass is 270 g/mol. The number of hydrogen-bond donors (Lipinski definition) is 2. The first-order valence-corrected chi connectivity index (χ1v) is 7.08. The van der Waals surface area contributed by atoms with E-state index in [4.69, 9.17) is 0 Å². The Bertz CT molecular complexity index is 534. The molecule has 0 aliphatic heterocycles. The third-order valence-corrected chi connectivity index (χ3v) is 3.38. The predicted molar refractivity (Wildman–Crippen MR) is 81.3 cm³/mol. The van der Waals surface area contributed by atoms with Crippen molar-refractivity contribution in [3.05, 3.63) is 71.3 Å². The summed E-state index contributed by atoms with van der Waals surface area (Å²) in [6.07, 6.45) is -0.822. The number of aliphatic hydroxyl groups is 2. The second-order valence-corrected chi connectivity index (χ2v) is 5.64. The van der Waals surface area contributed by atoms with Crippen LogP contribution < -0.4 is 0 Å². The first-order valence-electron chi connectivity index (χ1n) is 7.08. The van der Waals surface area contributed by atoms with E-state index in [0.29, 0.717) is 5.92 Å². The Morgan fingerprint density at radius 1 is 0.800 bits per heavy atom. The van der Waals surface area contributed by atoms with Crippen LogP contribution in [0.3, 0.4) is 0 Å². The van der Waals surface area contributed by atoms with Gasteiger partial charge in [0.1, 0.15) is 12.2 Å². The van der Waals surface area contributed by atoms with Gasteiger partial charge in [0.25, 0.3) is 0 Å². The predicted octanol–water partition coefficient (Wildman–Crippen LogP) is 3.65. The third-order valence-electron chi connectivity index (χ3n) is 3.38. The molecule has 2 aromatic carbocycles. The van der Waals surface area contributed by atoms with Crippen molar-refractivity contribution in [1.29, 1.82) is 0 Å². The maximum absolute atomic E-state index is 10.4. The molecule has 2 N–H and O–H groups in total. The van der Waals surface area contributed by atoms with Crippen molar-refractivity contribution < 1.29 is 10.2 Å². The molecule has 0 fully saturated rings. The van der Waals surface area contributed by atoms with Crippen LogP contribution in [0.2, 0.25) is 0 Å². The summed E-state index contributed by atoms with van der Waals surface area (Å²) in [5.74, 6) is 0.571. The fourth-order valence-corrected chi connectivity index (χ4v) is 2.39. The Kier molecular flexibility index (Phi) is 4.94. The van der Waals surface area contributed by atoms with Crippen LogP contribution in [0, 0.1) is 5.92 Å². The highest BCUT2D eigenvalue weighted by atomic mass is 16.3. The molecular weight excluding hydrogens is 248 g/mol. The molecule has 0 aliphatic rings. The number of benzene rings is 2. The van der Waals surface area contributed by atoms with E-state index in [9.17, 15) is 10.2 Å². The van der Waals surface area contributed by atoms with Gasteiger partial charge >= 0.3 is 0 Å². The Morgan fingerprint density at radius 2 is 1.40 bits per heavy atom. The van der Waals surface area contributed by atoms with E-state index in [-0.39, 0.29) is 0 Å². The molecule has 0 spiro atoms. The molecule has 0 bridgehead atoms. The lowest BCUT2D eigenvalue weighted by Gasteiger charge is -2.19. The van der Waals surface area contributed by atoms with Crippen molar-refractivity contribution in [3.8, 4) is 0 Å². The quantitative estimate of drug-likeness (QED) is 0.870. The first kappa shape index (κ1) is 14.8. The van der Waals surface area contributed by atoms with Crippen molar-refractivity contribution in [2.75, 3.05) is 0 Å². The Balaban J connectivity index is 2.18. The average molecular weight is 270 g/mol. The summed E-state index contributed by atoms with van der Waals surface area (Å²) < 4.78 is 0. The van der Waals surface area contributed by atoms with Crippen molar-refractivity contribution in [1.82, 2.24) is 0 Å². The molecule has 0 amide bonds. The zero-order valence-electron chi connectivity index (χ0n) is 12.0. The zero-order chi connectivity index (χ0) is 14.5. The fourth-order valence-electron chi connectivity index (χ4n) is 2.39. The Hall–Kier alpha value is -1.64. The molecule has 0 saturated carbocycles.